The minimum Gasteiger partial charge on any atom is -0.339 e. The normalized spacial score (nSPS) is 23.5. The van der Waals surface area contributed by atoms with Gasteiger partial charge in [-0.1, -0.05) is 13.8 Å². The Kier molecular flexibility index (Phi) is 4.52. The Labute approximate surface area is 102 Å². The van der Waals surface area contributed by atoms with Crippen molar-refractivity contribution in [3.8, 4) is 0 Å². The van der Waals surface area contributed by atoms with Crippen molar-refractivity contribution in [3.63, 3.8) is 0 Å². The molecule has 1 heterocycles. The highest BCUT2D eigenvalue weighted by Gasteiger charge is 2.39. The van der Waals surface area contributed by atoms with Gasteiger partial charge in [0.25, 0.3) is 0 Å². The number of hydrogen-bond acceptors (Lipinski definition) is 3. The van der Waals surface area contributed by atoms with Crippen LogP contribution >= 0.6 is 0 Å². The Bertz CT molecular complexity index is 380. The molecular weight excluding hydrogens is 245 g/mol. The topological polar surface area (TPSA) is 54.5 Å². The van der Waals surface area contributed by atoms with Crippen molar-refractivity contribution >= 4 is 16.1 Å². The van der Waals surface area contributed by atoms with E-state index in [4.69, 9.17) is 0 Å². The zero-order valence-corrected chi connectivity index (χ0v) is 11.3. The average molecular weight is 265 g/mol. The predicted molar refractivity (Wildman–Crippen MR) is 63.7 cm³/mol. The Balaban J connectivity index is 2.59. The van der Waals surface area contributed by atoms with Crippen LogP contribution in [0.15, 0.2) is 0 Å². The van der Waals surface area contributed by atoms with Gasteiger partial charge in [-0.3, -0.25) is 4.79 Å². The quantitative estimate of drug-likeness (QED) is 0.711. The van der Waals surface area contributed by atoms with Crippen molar-refractivity contribution in [3.05, 3.63) is 0 Å². The molecule has 0 spiro atoms. The molecule has 0 aliphatic carbocycles. The molecule has 0 aromatic carbocycles. The maximum absolute atomic E-state index is 12.8. The number of halogens is 1. The molecule has 17 heavy (non-hydrogen) atoms. The van der Waals surface area contributed by atoms with Gasteiger partial charge < -0.3 is 4.90 Å². The van der Waals surface area contributed by atoms with Crippen LogP contribution in [0, 0.1) is 5.92 Å². The van der Waals surface area contributed by atoms with Gasteiger partial charge in [-0.05, 0) is 25.7 Å². The van der Waals surface area contributed by atoms with Crippen LogP contribution in [0.4, 0.5) is 3.89 Å². The van der Waals surface area contributed by atoms with Crippen molar-refractivity contribution in [1.82, 2.24) is 4.90 Å². The second-order valence-corrected chi connectivity index (χ2v) is 6.79. The third-order valence-corrected chi connectivity index (χ3v) is 4.33. The standard InChI is InChI=1S/C11H20FNO3S/c1-8(2)4-5-9(3)13-7-10(6-11(13)14)17(12,15)16/h8-10H,4-7H2,1-3H3. The molecule has 1 rings (SSSR count). The fraction of sp³-hybridized carbons (Fsp3) is 0.909. The molecule has 2 atom stereocenters. The second kappa shape index (κ2) is 5.33. The maximum Gasteiger partial charge on any atom is 0.307 e. The Morgan fingerprint density at radius 3 is 2.35 bits per heavy atom. The molecule has 1 saturated heterocycles. The summed E-state index contributed by atoms with van der Waals surface area (Å²) >= 11 is 0. The number of hydrogen-bond donors (Lipinski definition) is 0. The summed E-state index contributed by atoms with van der Waals surface area (Å²) in [6.07, 6.45) is 1.57. The van der Waals surface area contributed by atoms with Gasteiger partial charge in [-0.15, -0.1) is 3.89 Å². The van der Waals surface area contributed by atoms with E-state index in [-0.39, 0.29) is 24.9 Å². The van der Waals surface area contributed by atoms with Gasteiger partial charge in [-0.2, -0.15) is 8.42 Å². The van der Waals surface area contributed by atoms with E-state index in [0.29, 0.717) is 5.92 Å². The second-order valence-electron chi connectivity index (χ2n) is 5.17. The van der Waals surface area contributed by atoms with E-state index >= 15 is 0 Å². The summed E-state index contributed by atoms with van der Waals surface area (Å²) in [5.41, 5.74) is 0. The van der Waals surface area contributed by atoms with E-state index in [1.165, 1.54) is 4.90 Å². The summed E-state index contributed by atoms with van der Waals surface area (Å²) in [4.78, 5) is 13.1. The van der Waals surface area contributed by atoms with Crippen molar-refractivity contribution in [1.29, 1.82) is 0 Å². The monoisotopic (exact) mass is 265 g/mol. The van der Waals surface area contributed by atoms with E-state index in [1.54, 1.807) is 0 Å². The number of amides is 1. The Morgan fingerprint density at radius 1 is 1.35 bits per heavy atom. The molecule has 4 nitrogen and oxygen atoms in total. The van der Waals surface area contributed by atoms with E-state index in [2.05, 4.69) is 13.8 Å². The summed E-state index contributed by atoms with van der Waals surface area (Å²) in [6, 6.07) is -0.0170. The largest absolute Gasteiger partial charge is 0.339 e. The van der Waals surface area contributed by atoms with Crippen LogP contribution in [-0.4, -0.2) is 37.1 Å². The lowest BCUT2D eigenvalue weighted by Gasteiger charge is -2.25. The van der Waals surface area contributed by atoms with Gasteiger partial charge in [0, 0.05) is 19.0 Å². The molecule has 6 heteroatoms. The van der Waals surface area contributed by atoms with Crippen LogP contribution in [0.25, 0.3) is 0 Å². The molecular formula is C11H20FNO3S. The number of likely N-dealkylation sites (tertiary alicyclic amines) is 1. The predicted octanol–water partition coefficient (Wildman–Crippen LogP) is 1.71. The van der Waals surface area contributed by atoms with Gasteiger partial charge in [0.15, 0.2) is 0 Å². The smallest absolute Gasteiger partial charge is 0.307 e. The van der Waals surface area contributed by atoms with Crippen LogP contribution in [0.3, 0.4) is 0 Å². The molecule has 1 aliphatic rings. The fourth-order valence-corrected chi connectivity index (χ4v) is 2.72. The molecule has 100 valence electrons. The summed E-state index contributed by atoms with van der Waals surface area (Å²) < 4.78 is 34.3. The average Bonchev–Trinajstić information content (AvgIpc) is 2.56. The first-order chi connectivity index (χ1) is 7.71. The first kappa shape index (κ1) is 14.4. The van der Waals surface area contributed by atoms with E-state index in [0.717, 1.165) is 12.8 Å². The van der Waals surface area contributed by atoms with Crippen molar-refractivity contribution < 1.29 is 17.1 Å². The van der Waals surface area contributed by atoms with Crippen LogP contribution < -0.4 is 0 Å². The van der Waals surface area contributed by atoms with Crippen molar-refractivity contribution in [2.75, 3.05) is 6.54 Å². The van der Waals surface area contributed by atoms with Crippen molar-refractivity contribution in [2.45, 2.75) is 51.3 Å². The lowest BCUT2D eigenvalue weighted by Crippen LogP contribution is -2.35. The number of carbonyl (C=O) groups is 1. The Hall–Kier alpha value is -0.650. The van der Waals surface area contributed by atoms with E-state index < -0.39 is 15.5 Å². The fourth-order valence-electron chi connectivity index (χ4n) is 2.04. The summed E-state index contributed by atoms with van der Waals surface area (Å²) in [5, 5.41) is -1.17. The summed E-state index contributed by atoms with van der Waals surface area (Å²) in [5.74, 6) is 0.281. The molecule has 1 fully saturated rings. The van der Waals surface area contributed by atoms with Gasteiger partial charge in [-0.25, -0.2) is 0 Å². The molecule has 0 aromatic heterocycles. The Morgan fingerprint density at radius 2 is 1.94 bits per heavy atom. The number of rotatable bonds is 5. The number of nitrogens with zero attached hydrogens (tertiary/aromatic N) is 1. The zero-order chi connectivity index (χ0) is 13.2. The van der Waals surface area contributed by atoms with Crippen LogP contribution in [0.2, 0.25) is 0 Å². The zero-order valence-electron chi connectivity index (χ0n) is 10.5. The first-order valence-electron chi connectivity index (χ1n) is 5.94. The molecule has 0 saturated carbocycles. The molecule has 2 unspecified atom stereocenters. The van der Waals surface area contributed by atoms with Gasteiger partial charge in [0.2, 0.25) is 5.91 Å². The minimum absolute atomic E-state index is 0.00305. The molecule has 0 bridgehead atoms. The SMILES string of the molecule is CC(C)CCC(C)N1CC(S(=O)(=O)F)CC1=O. The lowest BCUT2D eigenvalue weighted by molar-refractivity contribution is -0.129. The van der Waals surface area contributed by atoms with Crippen molar-refractivity contribution in [2.24, 2.45) is 5.92 Å². The first-order valence-corrected chi connectivity index (χ1v) is 7.39. The van der Waals surface area contributed by atoms with Gasteiger partial charge >= 0.3 is 10.2 Å². The highest BCUT2D eigenvalue weighted by Crippen LogP contribution is 2.23. The van der Waals surface area contributed by atoms with Crippen LogP contribution in [-0.2, 0) is 15.0 Å². The van der Waals surface area contributed by atoms with Gasteiger partial charge in [0.1, 0.15) is 5.25 Å². The number of carbonyl (C=O) groups excluding carboxylic acids is 1. The van der Waals surface area contributed by atoms with E-state index in [1.807, 2.05) is 6.92 Å². The third-order valence-electron chi connectivity index (χ3n) is 3.21. The summed E-state index contributed by atoms with van der Waals surface area (Å²) in [7, 11) is -4.60. The van der Waals surface area contributed by atoms with Crippen LogP contribution in [0.1, 0.15) is 40.0 Å². The summed E-state index contributed by atoms with van der Waals surface area (Å²) in [6.45, 7) is 6.06. The van der Waals surface area contributed by atoms with Gasteiger partial charge in [0.05, 0.1) is 0 Å². The van der Waals surface area contributed by atoms with E-state index in [9.17, 15) is 17.1 Å². The molecule has 1 aliphatic heterocycles. The highest BCUT2D eigenvalue weighted by molar-refractivity contribution is 7.87. The third kappa shape index (κ3) is 3.94. The molecule has 0 aromatic rings. The molecule has 1 amide bonds. The highest BCUT2D eigenvalue weighted by atomic mass is 32.3. The molecule has 0 N–H and O–H groups in total. The maximum atomic E-state index is 12.8. The molecule has 0 radical (unpaired) electrons. The lowest BCUT2D eigenvalue weighted by atomic mass is 10.0. The minimum atomic E-state index is -4.60. The van der Waals surface area contributed by atoms with Crippen LogP contribution in [0.5, 0.6) is 0 Å².